The minimum atomic E-state index is -0.168. The SMILES string of the molecule is Cc1ccc(-c2cc(-c3ccccc3)nc(SCC(=O)Nc3ccnc(C)c3)c2C#N)cc1. The Kier molecular flexibility index (Phi) is 6.82. The lowest BCUT2D eigenvalue weighted by Gasteiger charge is -2.13. The lowest BCUT2D eigenvalue weighted by atomic mass is 9.98. The van der Waals surface area contributed by atoms with Gasteiger partial charge in [-0.1, -0.05) is 71.9 Å². The Balaban J connectivity index is 1.68. The van der Waals surface area contributed by atoms with Gasteiger partial charge in [0.25, 0.3) is 0 Å². The van der Waals surface area contributed by atoms with E-state index in [4.69, 9.17) is 4.98 Å². The number of nitriles is 1. The van der Waals surface area contributed by atoms with Crippen LogP contribution < -0.4 is 5.32 Å². The number of carbonyl (C=O) groups excluding carboxylic acids is 1. The van der Waals surface area contributed by atoms with Gasteiger partial charge in [0.15, 0.2) is 0 Å². The molecule has 162 valence electrons. The van der Waals surface area contributed by atoms with Gasteiger partial charge in [-0.25, -0.2) is 4.98 Å². The molecule has 2 aromatic carbocycles. The summed E-state index contributed by atoms with van der Waals surface area (Å²) in [6, 6.07) is 25.7. The zero-order valence-corrected chi connectivity index (χ0v) is 19.2. The molecule has 6 heteroatoms. The van der Waals surface area contributed by atoms with Crippen molar-refractivity contribution in [1.82, 2.24) is 9.97 Å². The van der Waals surface area contributed by atoms with E-state index >= 15 is 0 Å². The summed E-state index contributed by atoms with van der Waals surface area (Å²) in [6.45, 7) is 3.90. The largest absolute Gasteiger partial charge is 0.325 e. The monoisotopic (exact) mass is 450 g/mol. The van der Waals surface area contributed by atoms with Crippen LogP contribution >= 0.6 is 11.8 Å². The summed E-state index contributed by atoms with van der Waals surface area (Å²) in [5.74, 6) is -0.0347. The van der Waals surface area contributed by atoms with Gasteiger partial charge in [0.1, 0.15) is 11.1 Å². The standard InChI is InChI=1S/C27H22N4OS/c1-18-8-10-20(11-9-18)23-15-25(21-6-4-3-5-7-21)31-27(24(23)16-28)33-17-26(32)30-22-12-13-29-19(2)14-22/h3-15H,17H2,1-2H3,(H,29,30,32). The van der Waals surface area contributed by atoms with Crippen molar-refractivity contribution in [2.24, 2.45) is 0 Å². The van der Waals surface area contributed by atoms with Gasteiger partial charge in [0.05, 0.1) is 17.0 Å². The maximum atomic E-state index is 12.6. The smallest absolute Gasteiger partial charge is 0.234 e. The van der Waals surface area contributed by atoms with Crippen LogP contribution in [-0.4, -0.2) is 21.6 Å². The number of carbonyl (C=O) groups is 1. The second-order valence-corrected chi connectivity index (χ2v) is 8.57. The molecule has 1 N–H and O–H groups in total. The third-order valence-electron chi connectivity index (χ3n) is 5.05. The van der Waals surface area contributed by atoms with E-state index in [1.165, 1.54) is 11.8 Å². The average molecular weight is 451 g/mol. The molecular weight excluding hydrogens is 428 g/mol. The normalized spacial score (nSPS) is 10.5. The van der Waals surface area contributed by atoms with Crippen LogP contribution in [0.25, 0.3) is 22.4 Å². The van der Waals surface area contributed by atoms with E-state index in [0.29, 0.717) is 16.3 Å². The highest BCUT2D eigenvalue weighted by Gasteiger charge is 2.17. The Morgan fingerprint density at radius 3 is 2.45 bits per heavy atom. The zero-order valence-electron chi connectivity index (χ0n) is 18.4. The third-order valence-corrected chi connectivity index (χ3v) is 6.03. The lowest BCUT2D eigenvalue weighted by Crippen LogP contribution is -2.14. The highest BCUT2D eigenvalue weighted by molar-refractivity contribution is 8.00. The van der Waals surface area contributed by atoms with E-state index in [2.05, 4.69) is 16.4 Å². The number of aromatic nitrogens is 2. The van der Waals surface area contributed by atoms with E-state index in [1.54, 1.807) is 12.3 Å². The Hall–Kier alpha value is -3.95. The van der Waals surface area contributed by atoms with Crippen molar-refractivity contribution in [2.75, 3.05) is 11.1 Å². The fraction of sp³-hybridized carbons (Fsp3) is 0.111. The molecule has 2 aromatic heterocycles. The molecule has 0 radical (unpaired) electrons. The van der Waals surface area contributed by atoms with Crippen molar-refractivity contribution in [2.45, 2.75) is 18.9 Å². The van der Waals surface area contributed by atoms with Gasteiger partial charge in [0.2, 0.25) is 5.91 Å². The number of aryl methyl sites for hydroxylation is 2. The molecule has 0 saturated heterocycles. The number of benzene rings is 2. The molecule has 0 unspecified atom stereocenters. The molecule has 0 spiro atoms. The number of pyridine rings is 2. The van der Waals surface area contributed by atoms with Crippen molar-refractivity contribution in [3.63, 3.8) is 0 Å². The summed E-state index contributed by atoms with van der Waals surface area (Å²) in [4.78, 5) is 21.5. The minimum absolute atomic E-state index is 0.134. The number of hydrogen-bond donors (Lipinski definition) is 1. The molecule has 4 rings (SSSR count). The molecule has 0 aliphatic heterocycles. The van der Waals surface area contributed by atoms with Crippen LogP contribution in [0.1, 0.15) is 16.8 Å². The van der Waals surface area contributed by atoms with E-state index < -0.39 is 0 Å². The zero-order chi connectivity index (χ0) is 23.2. The van der Waals surface area contributed by atoms with Gasteiger partial charge >= 0.3 is 0 Å². The number of nitrogens with zero attached hydrogens (tertiary/aromatic N) is 3. The molecule has 0 bridgehead atoms. The minimum Gasteiger partial charge on any atom is -0.325 e. The molecule has 5 nitrogen and oxygen atoms in total. The van der Waals surface area contributed by atoms with Crippen LogP contribution in [0, 0.1) is 25.2 Å². The molecule has 1 amide bonds. The highest BCUT2D eigenvalue weighted by atomic mass is 32.2. The Bertz CT molecular complexity index is 1330. The van der Waals surface area contributed by atoms with Gasteiger partial charge in [-0.3, -0.25) is 9.78 Å². The summed E-state index contributed by atoms with van der Waals surface area (Å²) in [5, 5.41) is 13.4. The number of rotatable bonds is 6. The van der Waals surface area contributed by atoms with Crippen molar-refractivity contribution in [3.8, 4) is 28.5 Å². The Morgan fingerprint density at radius 1 is 1.00 bits per heavy atom. The molecule has 0 atom stereocenters. The lowest BCUT2D eigenvalue weighted by molar-refractivity contribution is -0.113. The molecule has 0 saturated carbocycles. The van der Waals surface area contributed by atoms with Gasteiger partial charge in [-0.05, 0) is 37.6 Å². The maximum Gasteiger partial charge on any atom is 0.234 e. The fourth-order valence-corrected chi connectivity index (χ4v) is 4.21. The first-order valence-corrected chi connectivity index (χ1v) is 11.4. The van der Waals surface area contributed by atoms with Crippen LogP contribution in [-0.2, 0) is 4.79 Å². The number of nitrogens with one attached hydrogen (secondary N) is 1. The molecule has 0 aliphatic carbocycles. The van der Waals surface area contributed by atoms with E-state index in [1.807, 2.05) is 80.6 Å². The maximum absolute atomic E-state index is 12.6. The second-order valence-electron chi connectivity index (χ2n) is 7.60. The second kappa shape index (κ2) is 10.1. The molecule has 2 heterocycles. The van der Waals surface area contributed by atoms with Crippen molar-refractivity contribution < 1.29 is 4.79 Å². The summed E-state index contributed by atoms with van der Waals surface area (Å²) < 4.78 is 0. The van der Waals surface area contributed by atoms with Crippen LogP contribution in [0.4, 0.5) is 5.69 Å². The van der Waals surface area contributed by atoms with Crippen LogP contribution in [0.3, 0.4) is 0 Å². The van der Waals surface area contributed by atoms with Crippen molar-refractivity contribution in [1.29, 1.82) is 5.26 Å². The summed E-state index contributed by atoms with van der Waals surface area (Å²) in [6.07, 6.45) is 1.66. The summed E-state index contributed by atoms with van der Waals surface area (Å²) >= 11 is 1.26. The topological polar surface area (TPSA) is 78.7 Å². The van der Waals surface area contributed by atoms with Gasteiger partial charge in [-0.15, -0.1) is 0 Å². The van der Waals surface area contributed by atoms with E-state index in [-0.39, 0.29) is 11.7 Å². The highest BCUT2D eigenvalue weighted by Crippen LogP contribution is 2.34. The molecule has 0 aliphatic rings. The summed E-state index contributed by atoms with van der Waals surface area (Å²) in [5.41, 5.74) is 6.59. The number of anilines is 1. The Labute approximate surface area is 197 Å². The predicted molar refractivity (Wildman–Crippen MR) is 133 cm³/mol. The molecular formula is C27H22N4OS. The van der Waals surface area contributed by atoms with Crippen molar-refractivity contribution in [3.05, 3.63) is 95.8 Å². The van der Waals surface area contributed by atoms with E-state index in [9.17, 15) is 10.1 Å². The average Bonchev–Trinajstić information content (AvgIpc) is 2.83. The quantitative estimate of drug-likeness (QED) is 0.363. The first-order chi connectivity index (χ1) is 16.0. The van der Waals surface area contributed by atoms with Crippen LogP contribution in [0.5, 0.6) is 0 Å². The number of thioether (sulfide) groups is 1. The van der Waals surface area contributed by atoms with Gasteiger partial charge in [-0.2, -0.15) is 5.26 Å². The number of hydrogen-bond acceptors (Lipinski definition) is 5. The number of amides is 1. The van der Waals surface area contributed by atoms with Crippen LogP contribution in [0.15, 0.2) is 84.0 Å². The molecule has 0 fully saturated rings. The molecule has 4 aromatic rings. The first kappa shape index (κ1) is 22.3. The third kappa shape index (κ3) is 5.46. The fourth-order valence-electron chi connectivity index (χ4n) is 3.41. The molecule has 33 heavy (non-hydrogen) atoms. The van der Waals surface area contributed by atoms with E-state index in [0.717, 1.165) is 33.6 Å². The van der Waals surface area contributed by atoms with Crippen LogP contribution in [0.2, 0.25) is 0 Å². The van der Waals surface area contributed by atoms with Gasteiger partial charge < -0.3 is 5.32 Å². The first-order valence-electron chi connectivity index (χ1n) is 10.5. The summed E-state index contributed by atoms with van der Waals surface area (Å²) in [7, 11) is 0. The Morgan fingerprint density at radius 2 is 1.76 bits per heavy atom. The van der Waals surface area contributed by atoms with Crippen molar-refractivity contribution >= 4 is 23.4 Å². The van der Waals surface area contributed by atoms with Gasteiger partial charge in [0, 0.05) is 28.7 Å². The predicted octanol–water partition coefficient (Wildman–Crippen LogP) is 6.03.